The van der Waals surface area contributed by atoms with Crippen molar-refractivity contribution in [2.45, 2.75) is 19.9 Å². The van der Waals surface area contributed by atoms with E-state index < -0.39 is 0 Å². The number of rotatable bonds is 5. The van der Waals surface area contributed by atoms with E-state index in [0.717, 1.165) is 5.82 Å². The molecule has 2 atom stereocenters. The molecular weight excluding hydrogens is 208 g/mol. The molecule has 7 nitrogen and oxygen atoms in total. The lowest BCUT2D eigenvalue weighted by atomic mass is 10.1. The lowest BCUT2D eigenvalue weighted by Crippen LogP contribution is -2.33. The SMILES string of the molecule is CC(CNC(C)c1nncn1C)C(N)=NO. The minimum absolute atomic E-state index is 0.0272. The maximum absolute atomic E-state index is 8.51. The van der Waals surface area contributed by atoms with E-state index in [2.05, 4.69) is 20.7 Å². The van der Waals surface area contributed by atoms with Gasteiger partial charge in [0.05, 0.1) is 6.04 Å². The van der Waals surface area contributed by atoms with Crippen LogP contribution in [0.25, 0.3) is 0 Å². The molecule has 0 saturated carbocycles. The van der Waals surface area contributed by atoms with Gasteiger partial charge in [-0.1, -0.05) is 12.1 Å². The Kier molecular flexibility index (Phi) is 4.24. The maximum Gasteiger partial charge on any atom is 0.149 e. The molecule has 0 fully saturated rings. The number of nitrogens with zero attached hydrogens (tertiary/aromatic N) is 4. The van der Waals surface area contributed by atoms with Gasteiger partial charge in [-0.2, -0.15) is 0 Å². The largest absolute Gasteiger partial charge is 0.409 e. The standard InChI is InChI=1S/C9H18N6O/c1-6(8(10)14-16)4-11-7(2)9-13-12-5-15(9)3/h5-7,11,16H,4H2,1-3H3,(H2,10,14). The van der Waals surface area contributed by atoms with E-state index in [-0.39, 0.29) is 17.8 Å². The van der Waals surface area contributed by atoms with E-state index in [1.54, 1.807) is 6.33 Å². The van der Waals surface area contributed by atoms with Gasteiger partial charge in [-0.05, 0) is 6.92 Å². The van der Waals surface area contributed by atoms with Gasteiger partial charge in [0.2, 0.25) is 0 Å². The predicted molar refractivity (Wildman–Crippen MR) is 60.0 cm³/mol. The highest BCUT2D eigenvalue weighted by molar-refractivity contribution is 5.82. The molecule has 90 valence electrons. The van der Waals surface area contributed by atoms with E-state index in [1.165, 1.54) is 0 Å². The number of oxime groups is 1. The number of nitrogens with one attached hydrogen (secondary N) is 1. The summed E-state index contributed by atoms with van der Waals surface area (Å²) in [5.74, 6) is 1.05. The van der Waals surface area contributed by atoms with Crippen LogP contribution in [0.3, 0.4) is 0 Å². The number of aromatic nitrogens is 3. The van der Waals surface area contributed by atoms with E-state index in [0.29, 0.717) is 6.54 Å². The minimum Gasteiger partial charge on any atom is -0.409 e. The first-order chi connectivity index (χ1) is 7.56. The molecule has 16 heavy (non-hydrogen) atoms. The monoisotopic (exact) mass is 226 g/mol. The Hall–Kier alpha value is -1.63. The third kappa shape index (κ3) is 2.93. The fourth-order valence-corrected chi connectivity index (χ4v) is 1.33. The third-order valence-electron chi connectivity index (χ3n) is 2.48. The summed E-state index contributed by atoms with van der Waals surface area (Å²) in [5, 5.41) is 22.5. The Bertz CT molecular complexity index is 361. The molecule has 1 aromatic rings. The van der Waals surface area contributed by atoms with Crippen molar-refractivity contribution in [2.75, 3.05) is 6.54 Å². The molecule has 0 aliphatic carbocycles. The van der Waals surface area contributed by atoms with Crippen molar-refractivity contribution in [3.05, 3.63) is 12.2 Å². The van der Waals surface area contributed by atoms with Crippen LogP contribution in [-0.2, 0) is 7.05 Å². The molecule has 0 aliphatic heterocycles. The first-order valence-electron chi connectivity index (χ1n) is 5.11. The number of aryl methyl sites for hydroxylation is 1. The first kappa shape index (κ1) is 12.4. The summed E-state index contributed by atoms with van der Waals surface area (Å²) in [4.78, 5) is 0. The molecule has 0 aromatic carbocycles. The average Bonchev–Trinajstić information content (AvgIpc) is 2.70. The zero-order valence-corrected chi connectivity index (χ0v) is 9.75. The normalized spacial score (nSPS) is 16.1. The van der Waals surface area contributed by atoms with Crippen molar-refractivity contribution in [1.82, 2.24) is 20.1 Å². The highest BCUT2D eigenvalue weighted by Crippen LogP contribution is 2.07. The van der Waals surface area contributed by atoms with Gasteiger partial charge in [0.25, 0.3) is 0 Å². The van der Waals surface area contributed by atoms with Crippen LogP contribution >= 0.6 is 0 Å². The summed E-state index contributed by atoms with van der Waals surface area (Å²) >= 11 is 0. The summed E-state index contributed by atoms with van der Waals surface area (Å²) < 4.78 is 1.85. The van der Waals surface area contributed by atoms with Crippen molar-refractivity contribution in [3.63, 3.8) is 0 Å². The number of hydrogen-bond donors (Lipinski definition) is 3. The molecule has 7 heteroatoms. The molecule has 1 aromatic heterocycles. The van der Waals surface area contributed by atoms with Crippen molar-refractivity contribution in [3.8, 4) is 0 Å². The molecule has 0 saturated heterocycles. The van der Waals surface area contributed by atoms with Gasteiger partial charge in [0.1, 0.15) is 18.0 Å². The Morgan fingerprint density at radius 2 is 2.38 bits per heavy atom. The number of hydrogen-bond acceptors (Lipinski definition) is 5. The quantitative estimate of drug-likeness (QED) is 0.280. The zero-order valence-electron chi connectivity index (χ0n) is 9.75. The Balaban J connectivity index is 2.48. The smallest absolute Gasteiger partial charge is 0.149 e. The second kappa shape index (κ2) is 5.45. The summed E-state index contributed by atoms with van der Waals surface area (Å²) in [6, 6.07) is 0.0708. The molecule has 0 spiro atoms. The van der Waals surface area contributed by atoms with E-state index >= 15 is 0 Å². The fraction of sp³-hybridized carbons (Fsp3) is 0.667. The lowest BCUT2D eigenvalue weighted by Gasteiger charge is -2.16. The Morgan fingerprint density at radius 3 is 2.88 bits per heavy atom. The van der Waals surface area contributed by atoms with Crippen molar-refractivity contribution < 1.29 is 5.21 Å². The maximum atomic E-state index is 8.51. The van der Waals surface area contributed by atoms with Crippen LogP contribution in [0, 0.1) is 5.92 Å². The van der Waals surface area contributed by atoms with Gasteiger partial charge in [-0.3, -0.25) is 0 Å². The van der Waals surface area contributed by atoms with Crippen LogP contribution in [0.1, 0.15) is 25.7 Å². The fourth-order valence-electron chi connectivity index (χ4n) is 1.33. The van der Waals surface area contributed by atoms with E-state index in [1.807, 2.05) is 25.5 Å². The summed E-state index contributed by atoms with van der Waals surface area (Å²) in [5.41, 5.74) is 5.48. The number of amidine groups is 1. The third-order valence-corrected chi connectivity index (χ3v) is 2.48. The summed E-state index contributed by atoms with van der Waals surface area (Å²) in [6.07, 6.45) is 1.65. The molecule has 1 rings (SSSR count). The highest BCUT2D eigenvalue weighted by Gasteiger charge is 2.13. The minimum atomic E-state index is -0.0272. The van der Waals surface area contributed by atoms with Crippen LogP contribution in [0.4, 0.5) is 0 Å². The van der Waals surface area contributed by atoms with Gasteiger partial charge in [-0.15, -0.1) is 10.2 Å². The Labute approximate surface area is 94.3 Å². The molecule has 1 heterocycles. The summed E-state index contributed by atoms with van der Waals surface area (Å²) in [6.45, 7) is 4.48. The molecular formula is C9H18N6O. The predicted octanol–water partition coefficient (Wildman–Crippen LogP) is -0.152. The molecule has 2 unspecified atom stereocenters. The van der Waals surface area contributed by atoms with Crippen LogP contribution in [0.2, 0.25) is 0 Å². The summed E-state index contributed by atoms with van der Waals surface area (Å²) in [7, 11) is 1.89. The van der Waals surface area contributed by atoms with E-state index in [9.17, 15) is 0 Å². The molecule has 0 amide bonds. The van der Waals surface area contributed by atoms with Gasteiger partial charge < -0.3 is 20.8 Å². The second-order valence-corrected chi connectivity index (χ2v) is 3.86. The van der Waals surface area contributed by atoms with Crippen LogP contribution in [0.15, 0.2) is 11.5 Å². The topological polar surface area (TPSA) is 101 Å². The molecule has 0 aliphatic rings. The number of nitrogens with two attached hydrogens (primary N) is 1. The van der Waals surface area contributed by atoms with Crippen molar-refractivity contribution >= 4 is 5.84 Å². The van der Waals surface area contributed by atoms with Crippen molar-refractivity contribution in [1.29, 1.82) is 0 Å². The van der Waals surface area contributed by atoms with E-state index in [4.69, 9.17) is 10.9 Å². The second-order valence-electron chi connectivity index (χ2n) is 3.86. The molecule has 4 N–H and O–H groups in total. The first-order valence-corrected chi connectivity index (χ1v) is 5.11. The van der Waals surface area contributed by atoms with Crippen LogP contribution in [-0.4, -0.2) is 32.4 Å². The van der Waals surface area contributed by atoms with Gasteiger partial charge in [-0.25, -0.2) is 0 Å². The van der Waals surface area contributed by atoms with Gasteiger partial charge in [0.15, 0.2) is 0 Å². The van der Waals surface area contributed by atoms with Crippen molar-refractivity contribution in [2.24, 2.45) is 23.9 Å². The Morgan fingerprint density at radius 1 is 1.69 bits per heavy atom. The molecule has 0 radical (unpaired) electrons. The average molecular weight is 226 g/mol. The van der Waals surface area contributed by atoms with Crippen LogP contribution in [0.5, 0.6) is 0 Å². The van der Waals surface area contributed by atoms with Gasteiger partial charge >= 0.3 is 0 Å². The zero-order chi connectivity index (χ0) is 12.1. The van der Waals surface area contributed by atoms with Crippen LogP contribution < -0.4 is 11.1 Å². The highest BCUT2D eigenvalue weighted by atomic mass is 16.4. The van der Waals surface area contributed by atoms with Gasteiger partial charge in [0, 0.05) is 19.5 Å². The molecule has 0 bridgehead atoms. The lowest BCUT2D eigenvalue weighted by molar-refractivity contribution is 0.313.